The molecule has 0 spiro atoms. The summed E-state index contributed by atoms with van der Waals surface area (Å²) >= 11 is 0.316. The van der Waals surface area contributed by atoms with Crippen molar-refractivity contribution in [3.63, 3.8) is 0 Å². The lowest BCUT2D eigenvalue weighted by molar-refractivity contribution is -0.164. The van der Waals surface area contributed by atoms with Crippen LogP contribution in [0, 0.1) is 5.82 Å². The summed E-state index contributed by atoms with van der Waals surface area (Å²) < 4.78 is 103. The third kappa shape index (κ3) is 7.53. The average Bonchev–Trinajstić information content (AvgIpc) is 3.51. The number of hydrogen-bond donors (Lipinski definition) is 1. The van der Waals surface area contributed by atoms with Crippen molar-refractivity contribution in [1.82, 2.24) is 14.8 Å². The van der Waals surface area contributed by atoms with E-state index in [1.807, 2.05) is 0 Å². The van der Waals surface area contributed by atoms with E-state index in [1.54, 1.807) is 6.92 Å². The number of hydrogen-bond acceptors (Lipinski definition) is 6. The summed E-state index contributed by atoms with van der Waals surface area (Å²) in [5.41, 5.74) is -3.39. The number of likely N-dealkylation sites (tertiary alicyclic amines) is 1. The average molecular weight is 716 g/mol. The first-order valence-corrected chi connectivity index (χ1v) is 16.4. The first-order valence-electron chi connectivity index (χ1n) is 15.5. The van der Waals surface area contributed by atoms with Gasteiger partial charge in [-0.3, -0.25) is 19.4 Å². The molecule has 2 aliphatic rings. The van der Waals surface area contributed by atoms with Gasteiger partial charge in [-0.2, -0.15) is 26.3 Å². The minimum absolute atomic E-state index is 0.00376. The second-order valence-corrected chi connectivity index (χ2v) is 13.0. The number of rotatable bonds is 9. The van der Waals surface area contributed by atoms with Crippen LogP contribution in [0.25, 0.3) is 0 Å². The zero-order valence-corrected chi connectivity index (χ0v) is 26.9. The van der Waals surface area contributed by atoms with Gasteiger partial charge in [-0.15, -0.1) is 11.3 Å². The number of ether oxygens (including phenoxy) is 1. The predicted molar refractivity (Wildman–Crippen MR) is 162 cm³/mol. The lowest BCUT2D eigenvalue weighted by Gasteiger charge is -2.51. The molecular weight excluding hydrogens is 683 g/mol. The number of carboxylic acid groups (broad SMARTS) is 1. The molecular formula is C33H32F7N3O5S. The first kappa shape index (κ1) is 36.1. The Hall–Kier alpha value is -4.21. The number of piperidine rings is 1. The molecule has 1 fully saturated rings. The van der Waals surface area contributed by atoms with Crippen molar-refractivity contribution < 1.29 is 55.0 Å². The van der Waals surface area contributed by atoms with Crippen LogP contribution >= 0.6 is 11.3 Å². The van der Waals surface area contributed by atoms with Crippen molar-refractivity contribution in [2.75, 3.05) is 6.54 Å². The van der Waals surface area contributed by atoms with Crippen LogP contribution in [0.3, 0.4) is 0 Å². The summed E-state index contributed by atoms with van der Waals surface area (Å²) in [4.78, 5) is 46.1. The highest BCUT2D eigenvalue weighted by atomic mass is 32.1. The van der Waals surface area contributed by atoms with Crippen LogP contribution in [-0.4, -0.2) is 61.9 Å². The molecule has 5 rings (SSSR count). The summed E-state index contributed by atoms with van der Waals surface area (Å²) in [6.07, 6.45) is -8.58. The number of unbranched alkanes of at least 4 members (excludes halogenated alkanes) is 1. The third-order valence-corrected chi connectivity index (χ3v) is 9.82. The number of fused-ring (bicyclic) bond motifs is 1. The highest BCUT2D eigenvalue weighted by Gasteiger charge is 2.57. The highest BCUT2D eigenvalue weighted by molar-refractivity contribution is 7.10. The van der Waals surface area contributed by atoms with Gasteiger partial charge in [-0.1, -0.05) is 25.8 Å². The van der Waals surface area contributed by atoms with Gasteiger partial charge < -0.3 is 19.6 Å². The molecule has 0 radical (unpaired) electrons. The molecule has 0 bridgehead atoms. The van der Waals surface area contributed by atoms with E-state index in [2.05, 4.69) is 4.98 Å². The number of carbonyl (C=O) groups is 3. The molecule has 1 N–H and O–H groups in total. The molecule has 2 aromatic heterocycles. The fourth-order valence-electron chi connectivity index (χ4n) is 6.68. The summed E-state index contributed by atoms with van der Waals surface area (Å²) in [5.74, 6) is -4.17. The maximum Gasteiger partial charge on any atom is 0.425 e. The number of halogens is 7. The van der Waals surface area contributed by atoms with E-state index < -0.39 is 76.2 Å². The summed E-state index contributed by atoms with van der Waals surface area (Å²) in [7, 11) is 0. The van der Waals surface area contributed by atoms with E-state index in [0.717, 1.165) is 22.5 Å². The van der Waals surface area contributed by atoms with E-state index in [4.69, 9.17) is 4.74 Å². The van der Waals surface area contributed by atoms with Crippen LogP contribution < -0.4 is 4.74 Å². The topological polar surface area (TPSA) is 100 Å². The fourth-order valence-corrected chi connectivity index (χ4v) is 7.36. The van der Waals surface area contributed by atoms with Crippen LogP contribution in [0.4, 0.5) is 30.7 Å². The number of pyridine rings is 1. The molecule has 2 aliphatic heterocycles. The second-order valence-electron chi connectivity index (χ2n) is 12.1. The fraction of sp³-hybridized carbons (Fsp3) is 0.455. The molecule has 16 heteroatoms. The van der Waals surface area contributed by atoms with E-state index in [1.165, 1.54) is 23.1 Å². The zero-order valence-electron chi connectivity index (χ0n) is 26.1. The van der Waals surface area contributed by atoms with Gasteiger partial charge in [0.1, 0.15) is 22.1 Å². The number of alkyl halides is 6. The number of aromatic nitrogens is 1. The van der Waals surface area contributed by atoms with E-state index in [-0.39, 0.29) is 44.5 Å². The van der Waals surface area contributed by atoms with Gasteiger partial charge in [0, 0.05) is 43.2 Å². The Bertz CT molecular complexity index is 1710. The Morgan fingerprint density at radius 1 is 1.06 bits per heavy atom. The van der Waals surface area contributed by atoms with Gasteiger partial charge >= 0.3 is 18.3 Å². The molecule has 0 aliphatic carbocycles. The molecule has 0 saturated carbocycles. The number of nitrogens with zero attached hydrogens (tertiary/aromatic N) is 3. The van der Waals surface area contributed by atoms with Crippen molar-refractivity contribution in [3.05, 3.63) is 81.1 Å². The quantitative estimate of drug-likeness (QED) is 0.233. The highest BCUT2D eigenvalue weighted by Crippen LogP contribution is 2.44. The van der Waals surface area contributed by atoms with Crippen molar-refractivity contribution in [3.8, 4) is 5.75 Å². The summed E-state index contributed by atoms with van der Waals surface area (Å²) in [6.45, 7) is 1.48. The lowest BCUT2D eigenvalue weighted by Crippen LogP contribution is -2.69. The molecule has 0 unspecified atom stereocenters. The molecule has 49 heavy (non-hydrogen) atoms. The van der Waals surface area contributed by atoms with Gasteiger partial charge in [-0.05, 0) is 54.7 Å². The van der Waals surface area contributed by atoms with Crippen LogP contribution in [0.15, 0.2) is 48.0 Å². The molecule has 8 nitrogen and oxygen atoms in total. The minimum Gasteiger partial charge on any atom is -0.481 e. The van der Waals surface area contributed by atoms with Crippen LogP contribution in [0.2, 0.25) is 0 Å². The number of benzene rings is 1. The summed E-state index contributed by atoms with van der Waals surface area (Å²) in [5, 5.41) is 10.8. The smallest absolute Gasteiger partial charge is 0.425 e. The van der Waals surface area contributed by atoms with E-state index in [9.17, 15) is 45.4 Å². The molecule has 4 heterocycles. The maximum absolute atomic E-state index is 15.0. The van der Waals surface area contributed by atoms with Crippen LogP contribution in [0.1, 0.15) is 77.5 Å². The van der Waals surface area contributed by atoms with Gasteiger partial charge in [0.25, 0.3) is 11.8 Å². The number of aliphatic carboxylic acids is 1. The minimum atomic E-state index is -4.95. The SMILES string of the molecule is CCCC[C@H]1N(C(=O)c2ncccc2C(F)(F)F)CCC[C@@]1(Oc1csc(C(F)(F)F)c1)C(=O)N1Cc2ccc(F)cc2C[C@@H]1CC(=O)O. The van der Waals surface area contributed by atoms with Gasteiger partial charge in [0.2, 0.25) is 5.60 Å². The Kier molecular flexibility index (Phi) is 10.3. The molecule has 1 saturated heterocycles. The number of carboxylic acids is 1. The summed E-state index contributed by atoms with van der Waals surface area (Å²) in [6, 6.07) is 3.95. The van der Waals surface area contributed by atoms with Gasteiger partial charge in [0.05, 0.1) is 18.0 Å². The monoisotopic (exact) mass is 715 g/mol. The Morgan fingerprint density at radius 3 is 2.47 bits per heavy atom. The van der Waals surface area contributed by atoms with Crippen molar-refractivity contribution >= 4 is 29.1 Å². The zero-order chi connectivity index (χ0) is 35.7. The molecule has 3 atom stereocenters. The number of carbonyl (C=O) groups excluding carboxylic acids is 2. The predicted octanol–water partition coefficient (Wildman–Crippen LogP) is 7.36. The number of thiophene rings is 1. The molecule has 264 valence electrons. The largest absolute Gasteiger partial charge is 0.481 e. The van der Waals surface area contributed by atoms with E-state index in [0.29, 0.717) is 47.4 Å². The van der Waals surface area contributed by atoms with Gasteiger partial charge in [-0.25, -0.2) is 4.39 Å². The van der Waals surface area contributed by atoms with Gasteiger partial charge in [0.15, 0.2) is 0 Å². The van der Waals surface area contributed by atoms with E-state index >= 15 is 4.79 Å². The molecule has 1 aromatic carbocycles. The van der Waals surface area contributed by atoms with Crippen LogP contribution in [0.5, 0.6) is 5.75 Å². The Labute approximate surface area is 280 Å². The molecule has 3 aromatic rings. The lowest BCUT2D eigenvalue weighted by atomic mass is 9.78. The Balaban J connectivity index is 1.66. The second kappa shape index (κ2) is 14.0. The maximum atomic E-state index is 15.0. The van der Waals surface area contributed by atoms with Crippen molar-refractivity contribution in [2.45, 2.75) is 88.5 Å². The van der Waals surface area contributed by atoms with Crippen LogP contribution in [-0.2, 0) is 34.9 Å². The van der Waals surface area contributed by atoms with Crippen molar-refractivity contribution in [1.29, 1.82) is 0 Å². The van der Waals surface area contributed by atoms with Crippen molar-refractivity contribution in [2.24, 2.45) is 0 Å². The number of amides is 2. The third-order valence-electron chi connectivity index (χ3n) is 8.86. The first-order chi connectivity index (χ1) is 23.0. The Morgan fingerprint density at radius 2 is 1.82 bits per heavy atom. The standard InChI is InChI=1S/C33H32F7N3O5S/c1-2-3-7-25-31(48-23-16-26(49-18-23)33(38,39)40,10-5-12-42(25)29(46)28-24(32(35,36)37)6-4-11-41-28)30(47)43-17-19-8-9-21(34)13-20(19)14-22(43)15-27(44)45/h4,6,8-9,11,13,16,18,22,25H,2-3,5,7,10,12,14-15,17H2,1H3,(H,44,45)/t22-,25-,31+/m1/s1. The normalized spacial score (nSPS) is 21.3. The molecule has 2 amide bonds.